The van der Waals surface area contributed by atoms with Crippen molar-refractivity contribution in [1.82, 2.24) is 19.9 Å². The third-order valence-electron chi connectivity index (χ3n) is 9.92. The molecule has 2 aromatic heterocycles. The third kappa shape index (κ3) is 5.95. The van der Waals surface area contributed by atoms with Gasteiger partial charge in [-0.2, -0.15) is 9.97 Å². The number of nitrogens with two attached hydrogens (primary N) is 1. The van der Waals surface area contributed by atoms with Crippen LogP contribution in [-0.4, -0.2) is 83.6 Å². The average Bonchev–Trinajstić information content (AvgIpc) is 3.55. The molecular weight excluding hydrogens is 633 g/mol. The molecule has 1 unspecified atom stereocenters. The predicted molar refractivity (Wildman–Crippen MR) is 173 cm³/mol. The van der Waals surface area contributed by atoms with E-state index in [0.717, 1.165) is 19.4 Å². The van der Waals surface area contributed by atoms with E-state index in [2.05, 4.69) is 14.9 Å². The van der Waals surface area contributed by atoms with Gasteiger partial charge in [-0.3, -0.25) is 9.88 Å². The topological polar surface area (TPSA) is 135 Å². The number of aromatic hydroxyl groups is 1. The van der Waals surface area contributed by atoms with Crippen LogP contribution in [0.25, 0.3) is 32.9 Å². The first-order chi connectivity index (χ1) is 22.4. The summed E-state index contributed by atoms with van der Waals surface area (Å²) in [5.74, 6) is -1.52. The monoisotopic (exact) mass is 670 g/mol. The Hall–Kier alpha value is -3.75. The van der Waals surface area contributed by atoms with E-state index in [-0.39, 0.29) is 52.2 Å². The fraction of sp³-hybridized carbons (Fsp3) is 0.485. The van der Waals surface area contributed by atoms with Crippen LogP contribution < -0.4 is 14.8 Å². The van der Waals surface area contributed by atoms with Gasteiger partial charge in [0.15, 0.2) is 5.82 Å². The highest BCUT2D eigenvalue weighted by Gasteiger charge is 2.49. The maximum absolute atomic E-state index is 16.8. The van der Waals surface area contributed by atoms with E-state index in [0.29, 0.717) is 67.5 Å². The number of aryl methyl sites for hydroxylation is 1. The standard InChI is InChI=1S/C33H37F3N6O4S/c1-2-23-26(35)7-6-20-11-22(43)12-24(27(20)23)29-28(36)30-25(14-38-29)31(41-9-3-5-19(15-41)17-47(37,44)45)40-32(39-30)46-18-33-8-4-10-42(33)16-21(34)13-33/h6-7,11-12,14,19,21,43H,2-5,8-10,13,15-18H2,1H3,(H2,37,44,45)/t19?,21-,33+/m1/s1. The minimum atomic E-state index is -3.72. The average molecular weight is 671 g/mol. The first-order valence-electron chi connectivity index (χ1n) is 16.0. The summed E-state index contributed by atoms with van der Waals surface area (Å²) in [5, 5.41) is 17.2. The van der Waals surface area contributed by atoms with E-state index < -0.39 is 33.4 Å². The van der Waals surface area contributed by atoms with Crippen LogP contribution in [0.15, 0.2) is 30.5 Å². The number of phenols is 1. The van der Waals surface area contributed by atoms with Crippen molar-refractivity contribution in [3.05, 3.63) is 47.7 Å². The van der Waals surface area contributed by atoms with Crippen LogP contribution >= 0.6 is 0 Å². The lowest BCUT2D eigenvalue weighted by Crippen LogP contribution is -2.43. The predicted octanol–water partition coefficient (Wildman–Crippen LogP) is 4.85. The van der Waals surface area contributed by atoms with Crippen molar-refractivity contribution in [1.29, 1.82) is 0 Å². The summed E-state index contributed by atoms with van der Waals surface area (Å²) in [6, 6.07) is 5.61. The molecule has 3 atom stereocenters. The largest absolute Gasteiger partial charge is 0.508 e. The Morgan fingerprint density at radius 2 is 1.98 bits per heavy atom. The lowest BCUT2D eigenvalue weighted by Gasteiger charge is -2.34. The van der Waals surface area contributed by atoms with Gasteiger partial charge in [0.05, 0.1) is 16.7 Å². The van der Waals surface area contributed by atoms with Crippen molar-refractivity contribution in [3.63, 3.8) is 0 Å². The number of piperidine rings is 1. The Morgan fingerprint density at radius 3 is 2.77 bits per heavy atom. The highest BCUT2D eigenvalue weighted by molar-refractivity contribution is 7.89. The number of pyridine rings is 1. The second kappa shape index (κ2) is 12.0. The lowest BCUT2D eigenvalue weighted by molar-refractivity contribution is 0.107. The number of nitrogens with zero attached hydrogens (tertiary/aromatic N) is 5. The summed E-state index contributed by atoms with van der Waals surface area (Å²) in [7, 11) is -3.72. The highest BCUT2D eigenvalue weighted by Crippen LogP contribution is 2.42. The molecule has 3 fully saturated rings. The first-order valence-corrected chi connectivity index (χ1v) is 17.7. The van der Waals surface area contributed by atoms with Gasteiger partial charge in [0.25, 0.3) is 0 Å². The molecule has 3 aliphatic heterocycles. The van der Waals surface area contributed by atoms with Crippen molar-refractivity contribution in [2.24, 2.45) is 11.1 Å². The van der Waals surface area contributed by atoms with Gasteiger partial charge in [-0.05, 0) is 79.1 Å². The minimum Gasteiger partial charge on any atom is -0.508 e. The number of rotatable bonds is 8. The number of aromatic nitrogens is 3. The molecule has 0 amide bonds. The number of hydrogen-bond donors (Lipinski definition) is 2. The van der Waals surface area contributed by atoms with E-state index in [1.165, 1.54) is 30.5 Å². The molecule has 47 heavy (non-hydrogen) atoms. The van der Waals surface area contributed by atoms with E-state index in [1.54, 1.807) is 6.92 Å². The molecule has 250 valence electrons. The molecule has 3 aliphatic rings. The summed E-state index contributed by atoms with van der Waals surface area (Å²) in [4.78, 5) is 17.7. The van der Waals surface area contributed by atoms with Crippen molar-refractivity contribution < 1.29 is 31.4 Å². The van der Waals surface area contributed by atoms with E-state index >= 15 is 4.39 Å². The first kappa shape index (κ1) is 31.8. The van der Waals surface area contributed by atoms with E-state index in [4.69, 9.17) is 14.9 Å². The van der Waals surface area contributed by atoms with Crippen LogP contribution in [0.3, 0.4) is 0 Å². The molecule has 2 aromatic carbocycles. The van der Waals surface area contributed by atoms with Gasteiger partial charge < -0.3 is 14.7 Å². The maximum atomic E-state index is 16.8. The number of hydrogen-bond acceptors (Lipinski definition) is 9. The second-order valence-corrected chi connectivity index (χ2v) is 14.8. The molecule has 0 saturated carbocycles. The molecule has 3 saturated heterocycles. The third-order valence-corrected chi connectivity index (χ3v) is 10.9. The summed E-state index contributed by atoms with van der Waals surface area (Å²) in [6.07, 6.45) is 4.13. The Balaban J connectivity index is 1.36. The summed E-state index contributed by atoms with van der Waals surface area (Å²) >= 11 is 0. The van der Waals surface area contributed by atoms with Gasteiger partial charge in [-0.15, -0.1) is 0 Å². The summed E-state index contributed by atoms with van der Waals surface area (Å²) in [6.45, 7) is 3.87. The quantitative estimate of drug-likeness (QED) is 0.270. The minimum absolute atomic E-state index is 0.0925. The maximum Gasteiger partial charge on any atom is 0.319 e. The summed E-state index contributed by atoms with van der Waals surface area (Å²) in [5.41, 5.74) is -0.137. The highest BCUT2D eigenvalue weighted by atomic mass is 32.2. The zero-order chi connectivity index (χ0) is 33.1. The number of anilines is 1. The van der Waals surface area contributed by atoms with Gasteiger partial charge in [-0.25, -0.2) is 26.7 Å². The van der Waals surface area contributed by atoms with Crippen molar-refractivity contribution in [2.45, 2.75) is 57.2 Å². The zero-order valence-electron chi connectivity index (χ0n) is 26.1. The number of phenolic OH excluding ortho intramolecular Hbond substituents is 1. The molecule has 7 rings (SSSR count). The molecule has 0 radical (unpaired) electrons. The zero-order valence-corrected chi connectivity index (χ0v) is 26.9. The normalized spacial score (nSPS) is 23.6. The Bertz CT molecular complexity index is 1980. The molecule has 3 N–H and O–H groups in total. The Morgan fingerprint density at radius 1 is 1.15 bits per heavy atom. The fourth-order valence-electron chi connectivity index (χ4n) is 7.92. The van der Waals surface area contributed by atoms with Crippen LogP contribution in [-0.2, 0) is 16.4 Å². The molecule has 10 nitrogen and oxygen atoms in total. The number of benzene rings is 2. The Labute approximate surface area is 270 Å². The fourth-order valence-corrected chi connectivity index (χ4v) is 8.85. The van der Waals surface area contributed by atoms with Gasteiger partial charge in [0.1, 0.15) is 41.4 Å². The van der Waals surface area contributed by atoms with Crippen LogP contribution in [0.5, 0.6) is 11.8 Å². The van der Waals surface area contributed by atoms with Crippen LogP contribution in [0, 0.1) is 17.6 Å². The SMILES string of the molecule is CCc1c(F)ccc2cc(O)cc(-c3ncc4c(N5CCCC(CS(N)(=O)=O)C5)nc(OC[C@@]56CCCN5C[C@H](F)C6)nc4c3F)c12. The number of sulfonamides is 1. The van der Waals surface area contributed by atoms with Crippen molar-refractivity contribution in [3.8, 4) is 23.0 Å². The van der Waals surface area contributed by atoms with Gasteiger partial charge in [0.2, 0.25) is 10.0 Å². The number of halogens is 3. The number of ether oxygens (including phenoxy) is 1. The smallest absolute Gasteiger partial charge is 0.319 e. The summed E-state index contributed by atoms with van der Waals surface area (Å²) < 4.78 is 76.3. The number of fused-ring (bicyclic) bond motifs is 3. The molecule has 0 aliphatic carbocycles. The molecule has 5 heterocycles. The van der Waals surface area contributed by atoms with Gasteiger partial charge >= 0.3 is 6.01 Å². The van der Waals surface area contributed by atoms with Crippen molar-refractivity contribution >= 4 is 37.5 Å². The lowest BCUT2D eigenvalue weighted by atomic mass is 9.94. The number of alkyl halides is 1. The van der Waals surface area contributed by atoms with Crippen molar-refractivity contribution in [2.75, 3.05) is 43.4 Å². The molecular formula is C33H37F3N6O4S. The van der Waals surface area contributed by atoms with Crippen LogP contribution in [0.2, 0.25) is 0 Å². The van der Waals surface area contributed by atoms with Crippen LogP contribution in [0.4, 0.5) is 19.0 Å². The van der Waals surface area contributed by atoms with Gasteiger partial charge in [0, 0.05) is 37.8 Å². The van der Waals surface area contributed by atoms with E-state index in [1.807, 2.05) is 4.90 Å². The molecule has 4 aromatic rings. The second-order valence-electron chi connectivity index (χ2n) is 13.1. The molecule has 0 spiro atoms. The molecule has 0 bridgehead atoms. The van der Waals surface area contributed by atoms with E-state index in [9.17, 15) is 22.3 Å². The number of primary sulfonamides is 1. The van der Waals surface area contributed by atoms with Gasteiger partial charge in [-0.1, -0.05) is 13.0 Å². The molecule has 14 heteroatoms. The van der Waals surface area contributed by atoms with Crippen LogP contribution in [0.1, 0.15) is 44.6 Å². The Kier molecular flexibility index (Phi) is 8.16.